The second-order valence-electron chi connectivity index (χ2n) is 1.08. The maximum absolute atomic E-state index is 6.72. The first kappa shape index (κ1) is 17.0. The Balaban J connectivity index is -0.000000245. The molecule has 0 rings (SSSR count). The van der Waals surface area contributed by atoms with Gasteiger partial charge in [0.1, 0.15) is 0 Å². The van der Waals surface area contributed by atoms with Gasteiger partial charge in [-0.25, -0.2) is 5.90 Å². The molecule has 0 saturated heterocycles. The average Bonchev–Trinajstić information content (AvgIpc) is 1.66. The minimum Gasteiger partial charge on any atom is -0.379 e. The van der Waals surface area contributed by atoms with Gasteiger partial charge in [-0.05, 0) is 0 Å². The predicted octanol–water partition coefficient (Wildman–Crippen LogP) is 0.659. The molecule has 0 radical (unpaired) electrons. The number of nitrogens with two attached hydrogens (primary N) is 2. The summed E-state index contributed by atoms with van der Waals surface area (Å²) in [6, 6.07) is 0. The molecular weight excluding hydrogens is 286 g/mol. The molecule has 64 valence electrons. The Morgan fingerprint density at radius 2 is 2.00 bits per heavy atom. The second-order valence-corrected chi connectivity index (χ2v) is 2.22. The van der Waals surface area contributed by atoms with Crippen LogP contribution in [-0.2, 0) is 4.84 Å². The van der Waals surface area contributed by atoms with Crippen LogP contribution in [0.25, 0.3) is 0 Å². The van der Waals surface area contributed by atoms with Gasteiger partial charge >= 0.3 is 0 Å². The standard InChI is InChI=1S/C3H9N3OS.2BrH/c4-3(5)8-2-1-7-6;;/h1-2,6H2,(H3,4,5);2*1H. The van der Waals surface area contributed by atoms with Gasteiger partial charge < -0.3 is 10.6 Å². The number of rotatable bonds is 3. The van der Waals surface area contributed by atoms with Crippen LogP contribution in [0.15, 0.2) is 0 Å². The Labute approximate surface area is 85.1 Å². The van der Waals surface area contributed by atoms with Gasteiger partial charge in [-0.3, -0.25) is 5.41 Å². The first-order valence-electron chi connectivity index (χ1n) is 2.06. The zero-order valence-electron chi connectivity index (χ0n) is 5.20. The number of halogens is 2. The smallest absolute Gasteiger partial charge is 0.151 e. The van der Waals surface area contributed by atoms with Crippen LogP contribution in [0, 0.1) is 5.41 Å². The molecule has 0 aliphatic heterocycles. The fraction of sp³-hybridized carbons (Fsp3) is 0.667. The molecule has 0 spiro atoms. The van der Waals surface area contributed by atoms with Crippen LogP contribution in [0.1, 0.15) is 0 Å². The molecule has 7 heteroatoms. The van der Waals surface area contributed by atoms with Gasteiger partial charge in [-0.1, -0.05) is 11.8 Å². The predicted molar refractivity (Wildman–Crippen MR) is 55.2 cm³/mol. The molecule has 0 aromatic carbocycles. The third-order valence-electron chi connectivity index (χ3n) is 0.459. The molecule has 0 amide bonds. The highest BCUT2D eigenvalue weighted by molar-refractivity contribution is 8.93. The van der Waals surface area contributed by atoms with E-state index in [0.717, 1.165) is 0 Å². The van der Waals surface area contributed by atoms with Crippen LogP contribution in [0.3, 0.4) is 0 Å². The lowest BCUT2D eigenvalue weighted by Crippen LogP contribution is -2.09. The van der Waals surface area contributed by atoms with Crippen molar-refractivity contribution in [3.05, 3.63) is 0 Å². The first-order chi connectivity index (χ1) is 3.77. The lowest BCUT2D eigenvalue weighted by Gasteiger charge is -1.94. The van der Waals surface area contributed by atoms with Gasteiger partial charge in [0.2, 0.25) is 0 Å². The van der Waals surface area contributed by atoms with Crippen LogP contribution in [0.4, 0.5) is 0 Å². The number of nitrogens with one attached hydrogen (secondary N) is 1. The summed E-state index contributed by atoms with van der Waals surface area (Å²) in [6.07, 6.45) is 0. The Bertz CT molecular complexity index is 84.1. The van der Waals surface area contributed by atoms with E-state index in [0.29, 0.717) is 12.4 Å². The van der Waals surface area contributed by atoms with Crippen molar-refractivity contribution in [1.29, 1.82) is 5.41 Å². The SMILES string of the molecule is Br.Br.N=C(N)SCCON. The lowest BCUT2D eigenvalue weighted by molar-refractivity contribution is 0.155. The van der Waals surface area contributed by atoms with Gasteiger partial charge in [-0.2, -0.15) is 0 Å². The summed E-state index contributed by atoms with van der Waals surface area (Å²) in [5.41, 5.74) is 4.98. The molecule has 4 nitrogen and oxygen atoms in total. The fourth-order valence-corrected chi connectivity index (χ4v) is 0.599. The van der Waals surface area contributed by atoms with E-state index in [4.69, 9.17) is 17.0 Å². The summed E-state index contributed by atoms with van der Waals surface area (Å²) < 4.78 is 0. The van der Waals surface area contributed by atoms with Gasteiger partial charge in [0.15, 0.2) is 5.17 Å². The van der Waals surface area contributed by atoms with Gasteiger partial charge in [-0.15, -0.1) is 34.0 Å². The van der Waals surface area contributed by atoms with E-state index >= 15 is 0 Å². The van der Waals surface area contributed by atoms with Crippen LogP contribution in [-0.4, -0.2) is 17.5 Å². The van der Waals surface area contributed by atoms with Crippen molar-refractivity contribution in [2.75, 3.05) is 12.4 Å². The van der Waals surface area contributed by atoms with E-state index in [1.807, 2.05) is 0 Å². The Kier molecular flexibility index (Phi) is 21.0. The van der Waals surface area contributed by atoms with Crippen molar-refractivity contribution in [2.45, 2.75) is 0 Å². The third kappa shape index (κ3) is 15.9. The second kappa shape index (κ2) is 12.4. The van der Waals surface area contributed by atoms with Crippen molar-refractivity contribution in [3.63, 3.8) is 0 Å². The largest absolute Gasteiger partial charge is 0.379 e. The summed E-state index contributed by atoms with van der Waals surface area (Å²) in [4.78, 5) is 4.22. The maximum atomic E-state index is 6.72. The minimum absolute atomic E-state index is 0. The van der Waals surface area contributed by atoms with Gasteiger partial charge in [0.05, 0.1) is 6.61 Å². The lowest BCUT2D eigenvalue weighted by atomic mass is 10.9. The van der Waals surface area contributed by atoms with Crippen molar-refractivity contribution >= 4 is 50.9 Å². The molecule has 10 heavy (non-hydrogen) atoms. The van der Waals surface area contributed by atoms with Crippen LogP contribution in [0.5, 0.6) is 0 Å². The molecule has 5 N–H and O–H groups in total. The molecule has 0 bridgehead atoms. The zero-order chi connectivity index (χ0) is 6.41. The number of hydrogen-bond acceptors (Lipinski definition) is 4. The molecule has 0 heterocycles. The molecule has 0 fully saturated rings. The summed E-state index contributed by atoms with van der Waals surface area (Å²) in [6.45, 7) is 0.435. The Morgan fingerprint density at radius 3 is 2.30 bits per heavy atom. The maximum Gasteiger partial charge on any atom is 0.151 e. The van der Waals surface area contributed by atoms with E-state index in [-0.39, 0.29) is 39.1 Å². The van der Waals surface area contributed by atoms with Crippen molar-refractivity contribution in [2.24, 2.45) is 11.6 Å². The third-order valence-corrected chi connectivity index (χ3v) is 1.14. The van der Waals surface area contributed by atoms with Crippen LogP contribution in [0.2, 0.25) is 0 Å². The summed E-state index contributed by atoms with van der Waals surface area (Å²) in [5.74, 6) is 5.33. The van der Waals surface area contributed by atoms with E-state index in [1.54, 1.807) is 0 Å². The fourth-order valence-electron chi connectivity index (χ4n) is 0.200. The normalized spacial score (nSPS) is 7.30. The van der Waals surface area contributed by atoms with E-state index in [1.165, 1.54) is 11.8 Å². The molecule has 0 unspecified atom stereocenters. The Hall–Kier alpha value is 0.700. The number of hydrogen-bond donors (Lipinski definition) is 3. The molecule has 0 aliphatic carbocycles. The van der Waals surface area contributed by atoms with E-state index < -0.39 is 0 Å². The minimum atomic E-state index is 0. The molecule has 0 saturated carbocycles. The summed E-state index contributed by atoms with van der Waals surface area (Å²) in [7, 11) is 0. The molecule has 0 aromatic heterocycles. The quantitative estimate of drug-likeness (QED) is 0.309. The van der Waals surface area contributed by atoms with E-state index in [2.05, 4.69) is 4.84 Å². The Morgan fingerprint density at radius 1 is 1.50 bits per heavy atom. The highest BCUT2D eigenvalue weighted by Crippen LogP contribution is 1.94. The molecule has 0 atom stereocenters. The zero-order valence-corrected chi connectivity index (χ0v) is 9.44. The van der Waals surface area contributed by atoms with Crippen molar-refractivity contribution in [3.8, 4) is 0 Å². The molecular formula is C3H11Br2N3OS. The molecule has 0 aliphatic rings. The highest BCUT2D eigenvalue weighted by Gasteiger charge is 1.87. The van der Waals surface area contributed by atoms with E-state index in [9.17, 15) is 0 Å². The average molecular weight is 297 g/mol. The topological polar surface area (TPSA) is 85.1 Å². The van der Waals surface area contributed by atoms with Gasteiger partial charge in [0, 0.05) is 5.75 Å². The monoisotopic (exact) mass is 295 g/mol. The van der Waals surface area contributed by atoms with Crippen molar-refractivity contribution in [1.82, 2.24) is 0 Å². The first-order valence-corrected chi connectivity index (χ1v) is 3.04. The highest BCUT2D eigenvalue weighted by atomic mass is 79.9. The number of thioether (sulfide) groups is 1. The summed E-state index contributed by atoms with van der Waals surface area (Å²) in [5, 5.41) is 6.82. The van der Waals surface area contributed by atoms with Gasteiger partial charge in [0.25, 0.3) is 0 Å². The summed E-state index contributed by atoms with van der Waals surface area (Å²) >= 11 is 1.21. The van der Waals surface area contributed by atoms with Crippen LogP contribution < -0.4 is 11.6 Å². The number of amidine groups is 1. The van der Waals surface area contributed by atoms with Crippen molar-refractivity contribution < 1.29 is 4.84 Å². The van der Waals surface area contributed by atoms with Crippen LogP contribution >= 0.6 is 45.7 Å². The molecule has 0 aromatic rings.